The molecule has 10 heteroatoms. The van der Waals surface area contributed by atoms with Crippen molar-refractivity contribution in [3.8, 4) is 11.6 Å². The number of aromatic carboxylic acids is 1. The Hall–Kier alpha value is -3.11. The van der Waals surface area contributed by atoms with E-state index in [1.165, 1.54) is 23.9 Å². The van der Waals surface area contributed by atoms with E-state index in [1.54, 1.807) is 12.1 Å². The summed E-state index contributed by atoms with van der Waals surface area (Å²) in [6.45, 7) is 2.59. The third kappa shape index (κ3) is 4.64. The van der Waals surface area contributed by atoms with Crippen LogP contribution in [-0.2, 0) is 11.3 Å². The van der Waals surface area contributed by atoms with Gasteiger partial charge in [-0.25, -0.2) is 4.79 Å². The number of hydrogen-bond donors (Lipinski definition) is 2. The first-order valence-electron chi connectivity index (χ1n) is 9.33. The number of aromatic nitrogens is 3. The second-order valence-electron chi connectivity index (χ2n) is 6.56. The molecule has 1 amide bonds. The van der Waals surface area contributed by atoms with E-state index in [0.29, 0.717) is 29.0 Å². The van der Waals surface area contributed by atoms with Crippen LogP contribution >= 0.6 is 27.7 Å². The number of carboxylic acids is 1. The van der Waals surface area contributed by atoms with Gasteiger partial charge in [-0.1, -0.05) is 27.7 Å². The van der Waals surface area contributed by atoms with E-state index in [1.807, 2.05) is 35.8 Å². The number of halogens is 1. The molecule has 0 radical (unpaired) electrons. The molecule has 2 aromatic heterocycles. The zero-order valence-electron chi connectivity index (χ0n) is 16.3. The summed E-state index contributed by atoms with van der Waals surface area (Å²) in [6, 6.07) is 13.7. The Balaban J connectivity index is 1.45. The van der Waals surface area contributed by atoms with Gasteiger partial charge in [0.05, 0.1) is 11.3 Å². The number of amides is 1. The van der Waals surface area contributed by atoms with Crippen LogP contribution in [0.3, 0.4) is 0 Å². The van der Waals surface area contributed by atoms with Gasteiger partial charge < -0.3 is 14.8 Å². The van der Waals surface area contributed by atoms with E-state index in [0.717, 1.165) is 15.4 Å². The van der Waals surface area contributed by atoms with Crippen LogP contribution in [0.4, 0.5) is 5.69 Å². The van der Waals surface area contributed by atoms with Gasteiger partial charge >= 0.3 is 5.97 Å². The lowest BCUT2D eigenvalue weighted by Gasteiger charge is -2.07. The van der Waals surface area contributed by atoms with Gasteiger partial charge in [0.25, 0.3) is 0 Å². The van der Waals surface area contributed by atoms with Crippen LogP contribution in [0.1, 0.15) is 17.3 Å². The Morgan fingerprint density at radius 3 is 2.65 bits per heavy atom. The predicted molar refractivity (Wildman–Crippen MR) is 121 cm³/mol. The maximum Gasteiger partial charge on any atom is 0.335 e. The van der Waals surface area contributed by atoms with Crippen LogP contribution in [0.5, 0.6) is 0 Å². The molecule has 2 N–H and O–H groups in total. The van der Waals surface area contributed by atoms with Crippen molar-refractivity contribution < 1.29 is 19.1 Å². The van der Waals surface area contributed by atoms with Crippen molar-refractivity contribution in [2.24, 2.45) is 0 Å². The highest BCUT2D eigenvalue weighted by molar-refractivity contribution is 9.10. The summed E-state index contributed by atoms with van der Waals surface area (Å²) in [7, 11) is 0. The van der Waals surface area contributed by atoms with Crippen LogP contribution < -0.4 is 5.32 Å². The zero-order chi connectivity index (χ0) is 22.0. The summed E-state index contributed by atoms with van der Waals surface area (Å²) >= 11 is 4.72. The molecule has 0 aliphatic carbocycles. The van der Waals surface area contributed by atoms with Gasteiger partial charge in [-0.05, 0) is 55.5 Å². The van der Waals surface area contributed by atoms with Crippen LogP contribution in [0.15, 0.2) is 62.6 Å². The maximum atomic E-state index is 12.3. The molecule has 4 rings (SSSR count). The van der Waals surface area contributed by atoms with Gasteiger partial charge in [0.15, 0.2) is 10.9 Å². The minimum absolute atomic E-state index is 0.131. The molecule has 0 spiro atoms. The first kappa shape index (κ1) is 21.1. The van der Waals surface area contributed by atoms with Crippen molar-refractivity contribution in [2.75, 3.05) is 11.1 Å². The Kier molecular flexibility index (Phi) is 6.10. The lowest BCUT2D eigenvalue weighted by atomic mass is 10.2. The summed E-state index contributed by atoms with van der Waals surface area (Å²) in [5.41, 5.74) is 1.45. The van der Waals surface area contributed by atoms with Gasteiger partial charge in [-0.2, -0.15) is 0 Å². The van der Waals surface area contributed by atoms with E-state index in [-0.39, 0.29) is 17.2 Å². The smallest absolute Gasteiger partial charge is 0.335 e. The number of fused-ring (bicyclic) bond motifs is 1. The molecule has 0 aliphatic rings. The lowest BCUT2D eigenvalue weighted by Crippen LogP contribution is -2.14. The normalized spacial score (nSPS) is 11.0. The molecule has 0 saturated heterocycles. The molecule has 4 aromatic rings. The number of nitrogens with one attached hydrogen (secondary N) is 1. The predicted octanol–water partition coefficient (Wildman–Crippen LogP) is 4.90. The molecular weight excluding hydrogens is 484 g/mol. The van der Waals surface area contributed by atoms with Gasteiger partial charge in [0.1, 0.15) is 5.58 Å². The fraction of sp³-hybridized carbons (Fsp3) is 0.143. The second-order valence-corrected chi connectivity index (χ2v) is 8.42. The third-order valence-corrected chi connectivity index (χ3v) is 5.94. The SMILES string of the molecule is CCn1c(SCC(=O)Nc2ccc(C(=O)O)cc2)nnc1-c1cc2cc(Br)ccc2o1. The maximum absolute atomic E-state index is 12.3. The number of benzene rings is 2. The molecule has 2 heterocycles. The molecule has 0 bridgehead atoms. The number of carboxylic acid groups (broad SMARTS) is 1. The average Bonchev–Trinajstić information content (AvgIpc) is 3.35. The summed E-state index contributed by atoms with van der Waals surface area (Å²) in [4.78, 5) is 23.2. The Morgan fingerprint density at radius 2 is 1.94 bits per heavy atom. The van der Waals surface area contributed by atoms with Crippen LogP contribution in [0, 0.1) is 0 Å². The number of carbonyl (C=O) groups is 2. The molecule has 0 fully saturated rings. The highest BCUT2D eigenvalue weighted by atomic mass is 79.9. The standard InChI is InChI=1S/C21H17BrN4O4S/c1-2-26-19(17-10-13-9-14(22)5-8-16(13)30-17)24-25-21(26)31-11-18(27)23-15-6-3-12(4-7-15)20(28)29/h3-10H,2,11H2,1H3,(H,23,27)(H,28,29). The van der Waals surface area contributed by atoms with E-state index >= 15 is 0 Å². The fourth-order valence-corrected chi connectivity index (χ4v) is 4.19. The number of carbonyl (C=O) groups excluding carboxylic acids is 1. The third-order valence-electron chi connectivity index (χ3n) is 4.48. The number of hydrogen-bond acceptors (Lipinski definition) is 6. The van der Waals surface area contributed by atoms with Gasteiger partial charge in [-0.15, -0.1) is 10.2 Å². The molecule has 0 atom stereocenters. The molecular formula is C21H17BrN4O4S. The summed E-state index contributed by atoms with van der Waals surface area (Å²) in [5, 5.41) is 21.7. The first-order chi connectivity index (χ1) is 14.9. The van der Waals surface area contributed by atoms with Crippen LogP contribution in [-0.4, -0.2) is 37.5 Å². The number of thioether (sulfide) groups is 1. The zero-order valence-corrected chi connectivity index (χ0v) is 18.7. The molecule has 2 aromatic carbocycles. The minimum Gasteiger partial charge on any atom is -0.478 e. The highest BCUT2D eigenvalue weighted by Gasteiger charge is 2.18. The molecule has 0 aliphatic heterocycles. The highest BCUT2D eigenvalue weighted by Crippen LogP contribution is 2.30. The molecule has 31 heavy (non-hydrogen) atoms. The Labute approximate surface area is 189 Å². The molecule has 158 valence electrons. The number of furan rings is 1. The van der Waals surface area contributed by atoms with Gasteiger partial charge in [0, 0.05) is 22.1 Å². The van der Waals surface area contributed by atoms with E-state index in [9.17, 15) is 9.59 Å². The van der Waals surface area contributed by atoms with Crippen molar-refractivity contribution in [3.05, 3.63) is 58.6 Å². The monoisotopic (exact) mass is 500 g/mol. The van der Waals surface area contributed by atoms with Crippen molar-refractivity contribution in [1.82, 2.24) is 14.8 Å². The molecule has 8 nitrogen and oxygen atoms in total. The van der Waals surface area contributed by atoms with Gasteiger partial charge in [0.2, 0.25) is 11.7 Å². The number of nitrogens with zero attached hydrogens (tertiary/aromatic N) is 3. The lowest BCUT2D eigenvalue weighted by molar-refractivity contribution is -0.113. The van der Waals surface area contributed by atoms with E-state index in [2.05, 4.69) is 31.4 Å². The Bertz CT molecular complexity index is 1270. The van der Waals surface area contributed by atoms with Crippen molar-refractivity contribution in [1.29, 1.82) is 0 Å². The van der Waals surface area contributed by atoms with Crippen molar-refractivity contribution in [3.63, 3.8) is 0 Å². The fourth-order valence-electron chi connectivity index (χ4n) is 3.01. The summed E-state index contributed by atoms with van der Waals surface area (Å²) in [5.74, 6) is 0.0969. The van der Waals surface area contributed by atoms with E-state index < -0.39 is 5.97 Å². The second kappa shape index (κ2) is 8.94. The number of rotatable bonds is 7. The average molecular weight is 501 g/mol. The van der Waals surface area contributed by atoms with Crippen molar-refractivity contribution in [2.45, 2.75) is 18.6 Å². The van der Waals surface area contributed by atoms with Crippen LogP contribution in [0.2, 0.25) is 0 Å². The largest absolute Gasteiger partial charge is 0.478 e. The van der Waals surface area contributed by atoms with Crippen molar-refractivity contribution >= 4 is 56.2 Å². The quantitative estimate of drug-likeness (QED) is 0.347. The summed E-state index contributed by atoms with van der Waals surface area (Å²) < 4.78 is 8.78. The number of anilines is 1. The van der Waals surface area contributed by atoms with Crippen LogP contribution in [0.25, 0.3) is 22.6 Å². The van der Waals surface area contributed by atoms with E-state index in [4.69, 9.17) is 9.52 Å². The van der Waals surface area contributed by atoms with Gasteiger partial charge in [-0.3, -0.25) is 9.36 Å². The topological polar surface area (TPSA) is 110 Å². The first-order valence-corrected chi connectivity index (χ1v) is 11.1. The Morgan fingerprint density at radius 1 is 1.16 bits per heavy atom. The minimum atomic E-state index is -1.01. The summed E-state index contributed by atoms with van der Waals surface area (Å²) in [6.07, 6.45) is 0. The molecule has 0 unspecified atom stereocenters. The molecule has 0 saturated carbocycles.